The first-order valence-electron chi connectivity index (χ1n) is 6.29. The van der Waals surface area contributed by atoms with Gasteiger partial charge < -0.3 is 10.4 Å². The molecule has 0 aliphatic carbocycles. The average Bonchev–Trinajstić information content (AvgIpc) is 2.50. The van der Waals surface area contributed by atoms with Gasteiger partial charge in [-0.05, 0) is 56.2 Å². The predicted octanol–water partition coefficient (Wildman–Crippen LogP) is 2.75. The fourth-order valence-corrected chi connectivity index (χ4v) is 2.20. The van der Waals surface area contributed by atoms with Crippen molar-refractivity contribution >= 4 is 5.69 Å². The van der Waals surface area contributed by atoms with Gasteiger partial charge in [-0.25, -0.2) is 0 Å². The molecule has 2 rings (SSSR count). The fourth-order valence-electron chi connectivity index (χ4n) is 2.20. The molecule has 0 amide bonds. The van der Waals surface area contributed by atoms with Crippen LogP contribution < -0.4 is 5.32 Å². The summed E-state index contributed by atoms with van der Waals surface area (Å²) >= 11 is 0. The molecule has 0 fully saturated rings. The Morgan fingerprint density at radius 1 is 1.38 bits per heavy atom. The lowest BCUT2D eigenvalue weighted by atomic mass is 10.0. The van der Waals surface area contributed by atoms with Gasteiger partial charge in [0.1, 0.15) is 0 Å². The van der Waals surface area contributed by atoms with Crippen molar-refractivity contribution in [3.63, 3.8) is 0 Å². The van der Waals surface area contributed by atoms with E-state index in [0.717, 1.165) is 19.4 Å². The second-order valence-corrected chi connectivity index (χ2v) is 4.76. The normalized spacial score (nSPS) is 17.1. The van der Waals surface area contributed by atoms with E-state index in [1.807, 2.05) is 6.92 Å². The van der Waals surface area contributed by atoms with Crippen molar-refractivity contribution in [1.82, 2.24) is 0 Å². The maximum absolute atomic E-state index is 9.28. The number of aliphatic hydroxyl groups excluding tert-OH is 1. The maximum atomic E-state index is 9.28. The van der Waals surface area contributed by atoms with E-state index in [0.29, 0.717) is 0 Å². The van der Waals surface area contributed by atoms with Gasteiger partial charge >= 0.3 is 0 Å². The third-order valence-corrected chi connectivity index (χ3v) is 3.21. The van der Waals surface area contributed by atoms with Crippen LogP contribution in [0.2, 0.25) is 0 Å². The molecule has 16 heavy (non-hydrogen) atoms. The van der Waals surface area contributed by atoms with Crippen LogP contribution >= 0.6 is 0 Å². The lowest BCUT2D eigenvalue weighted by Crippen LogP contribution is -2.03. The fraction of sp³-hybridized carbons (Fsp3) is 0.571. The van der Waals surface area contributed by atoms with Gasteiger partial charge in [0.05, 0.1) is 6.10 Å². The summed E-state index contributed by atoms with van der Waals surface area (Å²) in [7, 11) is 0. The quantitative estimate of drug-likeness (QED) is 0.819. The van der Waals surface area contributed by atoms with Gasteiger partial charge in [0.25, 0.3) is 0 Å². The Balaban J connectivity index is 2.08. The molecule has 1 aromatic rings. The first kappa shape index (κ1) is 11.5. The zero-order valence-electron chi connectivity index (χ0n) is 10.00. The summed E-state index contributed by atoms with van der Waals surface area (Å²) in [6.45, 7) is 2.94. The van der Waals surface area contributed by atoms with Crippen molar-refractivity contribution in [3.05, 3.63) is 29.3 Å². The van der Waals surface area contributed by atoms with E-state index in [9.17, 15) is 5.11 Å². The highest BCUT2D eigenvalue weighted by atomic mass is 16.3. The zero-order chi connectivity index (χ0) is 11.4. The second-order valence-electron chi connectivity index (χ2n) is 4.76. The minimum atomic E-state index is -0.202. The van der Waals surface area contributed by atoms with Gasteiger partial charge in [-0.3, -0.25) is 0 Å². The molecule has 0 saturated heterocycles. The first-order valence-corrected chi connectivity index (χ1v) is 6.29. The molecule has 0 saturated carbocycles. The van der Waals surface area contributed by atoms with Crippen molar-refractivity contribution < 1.29 is 5.11 Å². The van der Waals surface area contributed by atoms with Gasteiger partial charge in [0.15, 0.2) is 0 Å². The van der Waals surface area contributed by atoms with E-state index in [1.54, 1.807) is 0 Å². The molecule has 1 heterocycles. The van der Waals surface area contributed by atoms with Crippen LogP contribution in [0.3, 0.4) is 0 Å². The Morgan fingerprint density at radius 3 is 3.06 bits per heavy atom. The van der Waals surface area contributed by atoms with Crippen molar-refractivity contribution in [3.8, 4) is 0 Å². The zero-order valence-corrected chi connectivity index (χ0v) is 10.00. The van der Waals surface area contributed by atoms with E-state index >= 15 is 0 Å². The van der Waals surface area contributed by atoms with Crippen molar-refractivity contribution in [2.45, 2.75) is 45.1 Å². The maximum Gasteiger partial charge on any atom is 0.0515 e. The summed E-state index contributed by atoms with van der Waals surface area (Å²) in [5.41, 5.74) is 4.08. The SMILES string of the molecule is CC(O)CCc1ccc2c(c1)NCCCC2. The Hall–Kier alpha value is -1.02. The monoisotopic (exact) mass is 219 g/mol. The summed E-state index contributed by atoms with van der Waals surface area (Å²) < 4.78 is 0. The summed E-state index contributed by atoms with van der Waals surface area (Å²) in [5.74, 6) is 0. The minimum absolute atomic E-state index is 0.202. The molecular weight excluding hydrogens is 198 g/mol. The van der Waals surface area contributed by atoms with Gasteiger partial charge in [0, 0.05) is 12.2 Å². The molecule has 1 unspecified atom stereocenters. The smallest absolute Gasteiger partial charge is 0.0515 e. The number of benzene rings is 1. The Morgan fingerprint density at radius 2 is 2.25 bits per heavy atom. The second kappa shape index (κ2) is 5.35. The molecule has 0 aromatic heterocycles. The van der Waals surface area contributed by atoms with Crippen LogP contribution in [-0.2, 0) is 12.8 Å². The standard InChI is InChI=1S/C14H21NO/c1-11(16)5-6-12-7-8-13-4-2-3-9-15-14(13)10-12/h7-8,10-11,15-16H,2-6,9H2,1H3. The average molecular weight is 219 g/mol. The molecule has 1 aliphatic heterocycles. The summed E-state index contributed by atoms with van der Waals surface area (Å²) in [6.07, 6.45) is 5.35. The molecule has 1 atom stereocenters. The molecule has 1 aromatic carbocycles. The van der Waals surface area contributed by atoms with E-state index in [2.05, 4.69) is 23.5 Å². The number of anilines is 1. The van der Waals surface area contributed by atoms with Crippen LogP contribution in [0.25, 0.3) is 0 Å². The van der Waals surface area contributed by atoms with E-state index < -0.39 is 0 Å². The minimum Gasteiger partial charge on any atom is -0.393 e. The molecule has 0 spiro atoms. The highest BCUT2D eigenvalue weighted by molar-refractivity contribution is 5.54. The number of fused-ring (bicyclic) bond motifs is 1. The van der Waals surface area contributed by atoms with Crippen molar-refractivity contribution in [2.75, 3.05) is 11.9 Å². The molecule has 1 aliphatic rings. The predicted molar refractivity (Wildman–Crippen MR) is 67.9 cm³/mol. The molecular formula is C14H21NO. The van der Waals surface area contributed by atoms with Crippen molar-refractivity contribution in [1.29, 1.82) is 0 Å². The Bertz CT molecular complexity index is 347. The number of hydrogen-bond acceptors (Lipinski definition) is 2. The lowest BCUT2D eigenvalue weighted by Gasteiger charge is -2.10. The van der Waals surface area contributed by atoms with Crippen LogP contribution in [0.1, 0.15) is 37.3 Å². The first-order chi connectivity index (χ1) is 7.75. The van der Waals surface area contributed by atoms with Crippen molar-refractivity contribution in [2.24, 2.45) is 0 Å². The third-order valence-electron chi connectivity index (χ3n) is 3.21. The van der Waals surface area contributed by atoms with Crippen LogP contribution in [0, 0.1) is 0 Å². The third kappa shape index (κ3) is 2.99. The van der Waals surface area contributed by atoms with Crippen LogP contribution in [-0.4, -0.2) is 17.8 Å². The molecule has 0 bridgehead atoms. The topological polar surface area (TPSA) is 32.3 Å². The molecule has 2 N–H and O–H groups in total. The summed E-state index contributed by atoms with van der Waals surface area (Å²) in [5, 5.41) is 12.8. The highest BCUT2D eigenvalue weighted by Crippen LogP contribution is 2.23. The lowest BCUT2D eigenvalue weighted by molar-refractivity contribution is 0.185. The number of aliphatic hydroxyl groups is 1. The Labute approximate surface area is 97.7 Å². The number of rotatable bonds is 3. The van der Waals surface area contributed by atoms with Gasteiger partial charge in [-0.2, -0.15) is 0 Å². The van der Waals surface area contributed by atoms with Gasteiger partial charge in [-0.15, -0.1) is 0 Å². The largest absolute Gasteiger partial charge is 0.393 e. The van der Waals surface area contributed by atoms with E-state index in [1.165, 1.54) is 36.1 Å². The Kier molecular flexibility index (Phi) is 3.83. The van der Waals surface area contributed by atoms with E-state index in [-0.39, 0.29) is 6.10 Å². The van der Waals surface area contributed by atoms with Crippen LogP contribution in [0.15, 0.2) is 18.2 Å². The number of aryl methyl sites for hydroxylation is 2. The highest BCUT2D eigenvalue weighted by Gasteiger charge is 2.08. The van der Waals surface area contributed by atoms with E-state index in [4.69, 9.17) is 0 Å². The summed E-state index contributed by atoms with van der Waals surface area (Å²) in [6, 6.07) is 6.70. The van der Waals surface area contributed by atoms with Gasteiger partial charge in [0.2, 0.25) is 0 Å². The molecule has 2 nitrogen and oxygen atoms in total. The molecule has 0 radical (unpaired) electrons. The molecule has 88 valence electrons. The molecule has 2 heteroatoms. The number of nitrogens with one attached hydrogen (secondary N) is 1. The summed E-state index contributed by atoms with van der Waals surface area (Å²) in [4.78, 5) is 0. The van der Waals surface area contributed by atoms with Gasteiger partial charge in [-0.1, -0.05) is 12.1 Å². The number of hydrogen-bond donors (Lipinski definition) is 2. The van der Waals surface area contributed by atoms with Crippen LogP contribution in [0.5, 0.6) is 0 Å². The van der Waals surface area contributed by atoms with Crippen LogP contribution in [0.4, 0.5) is 5.69 Å².